The van der Waals surface area contributed by atoms with Crippen molar-refractivity contribution in [2.75, 3.05) is 20.3 Å². The molecule has 0 heterocycles. The third kappa shape index (κ3) is 6.52. The number of rotatable bonds is 9. The maximum Gasteiger partial charge on any atom is 0.349 e. The number of benzene rings is 3. The average molecular weight is 464 g/mol. The molecule has 3 aromatic carbocycles. The standard InChI is InChI=1S/C26H22ClNO5/c1-3-31-22-6-4-5-7-23(22)32-17-26(29)33-24-13-8-18(15-25(24)30-2)14-20(16-28)19-9-11-21(27)12-10-19/h4-15H,3,17H2,1-2H3. The van der Waals surface area contributed by atoms with Gasteiger partial charge in [-0.25, -0.2) is 4.79 Å². The summed E-state index contributed by atoms with van der Waals surface area (Å²) in [6, 6.07) is 21.3. The van der Waals surface area contributed by atoms with Crippen LogP contribution in [0.15, 0.2) is 66.7 Å². The number of carbonyl (C=O) groups excluding carboxylic acids is 1. The predicted octanol–water partition coefficient (Wildman–Crippen LogP) is 5.80. The molecule has 0 amide bonds. The number of para-hydroxylation sites is 2. The van der Waals surface area contributed by atoms with Gasteiger partial charge in [-0.05, 0) is 60.5 Å². The third-order valence-corrected chi connectivity index (χ3v) is 4.74. The first-order valence-electron chi connectivity index (χ1n) is 10.1. The van der Waals surface area contributed by atoms with E-state index in [1.165, 1.54) is 7.11 Å². The van der Waals surface area contributed by atoms with Gasteiger partial charge in [-0.15, -0.1) is 0 Å². The Balaban J connectivity index is 1.71. The van der Waals surface area contributed by atoms with Gasteiger partial charge in [-0.2, -0.15) is 5.26 Å². The minimum atomic E-state index is -0.596. The molecule has 7 heteroatoms. The number of allylic oxidation sites excluding steroid dienone is 1. The highest BCUT2D eigenvalue weighted by molar-refractivity contribution is 6.30. The molecule has 0 aliphatic heterocycles. The molecule has 0 aromatic heterocycles. The number of nitriles is 1. The Morgan fingerprint density at radius 3 is 2.30 bits per heavy atom. The van der Waals surface area contributed by atoms with E-state index in [9.17, 15) is 10.1 Å². The summed E-state index contributed by atoms with van der Waals surface area (Å²) in [6.07, 6.45) is 1.71. The number of esters is 1. The average Bonchev–Trinajstić information content (AvgIpc) is 2.83. The zero-order chi connectivity index (χ0) is 23.6. The first-order chi connectivity index (χ1) is 16.0. The van der Waals surface area contributed by atoms with Gasteiger partial charge in [-0.1, -0.05) is 41.9 Å². The highest BCUT2D eigenvalue weighted by Gasteiger charge is 2.13. The van der Waals surface area contributed by atoms with Crippen molar-refractivity contribution in [2.45, 2.75) is 6.92 Å². The second-order valence-electron chi connectivity index (χ2n) is 6.73. The van der Waals surface area contributed by atoms with Gasteiger partial charge < -0.3 is 18.9 Å². The van der Waals surface area contributed by atoms with E-state index < -0.39 is 5.97 Å². The Hall–Kier alpha value is -3.95. The van der Waals surface area contributed by atoms with Crippen LogP contribution in [0.25, 0.3) is 11.6 Å². The molecular formula is C26H22ClNO5. The van der Waals surface area contributed by atoms with Crippen molar-refractivity contribution in [3.05, 3.63) is 82.9 Å². The lowest BCUT2D eigenvalue weighted by Crippen LogP contribution is -2.18. The predicted molar refractivity (Wildman–Crippen MR) is 127 cm³/mol. The zero-order valence-corrected chi connectivity index (χ0v) is 19.0. The molecule has 0 N–H and O–H groups in total. The quantitative estimate of drug-likeness (QED) is 0.173. The van der Waals surface area contributed by atoms with Crippen LogP contribution in [0.4, 0.5) is 0 Å². The summed E-state index contributed by atoms with van der Waals surface area (Å²) in [7, 11) is 1.47. The number of nitrogens with zero attached hydrogens (tertiary/aromatic N) is 1. The fourth-order valence-electron chi connectivity index (χ4n) is 2.97. The van der Waals surface area contributed by atoms with Crippen LogP contribution >= 0.6 is 11.6 Å². The van der Waals surface area contributed by atoms with Crippen molar-refractivity contribution in [1.29, 1.82) is 5.26 Å². The van der Waals surface area contributed by atoms with Gasteiger partial charge in [0.15, 0.2) is 29.6 Å². The normalized spacial score (nSPS) is 10.8. The zero-order valence-electron chi connectivity index (χ0n) is 18.2. The molecule has 0 fully saturated rings. The van der Waals surface area contributed by atoms with Crippen LogP contribution in [0.1, 0.15) is 18.1 Å². The lowest BCUT2D eigenvalue weighted by atomic mass is 10.0. The number of hydrogen-bond donors (Lipinski definition) is 0. The summed E-state index contributed by atoms with van der Waals surface area (Å²) >= 11 is 5.92. The largest absolute Gasteiger partial charge is 0.493 e. The maximum absolute atomic E-state index is 12.3. The molecule has 168 valence electrons. The summed E-state index contributed by atoms with van der Waals surface area (Å²) in [5.41, 5.74) is 1.90. The SMILES string of the molecule is CCOc1ccccc1OCC(=O)Oc1ccc(C=C(C#N)c2ccc(Cl)cc2)cc1OC. The van der Waals surface area contributed by atoms with Gasteiger partial charge in [0.1, 0.15) is 0 Å². The van der Waals surface area contributed by atoms with Crippen LogP contribution in [0.2, 0.25) is 5.02 Å². The minimum absolute atomic E-state index is 0.242. The highest BCUT2D eigenvalue weighted by Crippen LogP contribution is 2.31. The second kappa shape index (κ2) is 11.6. The monoisotopic (exact) mass is 463 g/mol. The molecule has 0 spiro atoms. The molecule has 0 radical (unpaired) electrons. The smallest absolute Gasteiger partial charge is 0.349 e. The molecule has 0 aliphatic rings. The first kappa shape index (κ1) is 23.7. The second-order valence-corrected chi connectivity index (χ2v) is 7.17. The summed E-state index contributed by atoms with van der Waals surface area (Å²) in [5.74, 6) is 0.999. The summed E-state index contributed by atoms with van der Waals surface area (Å²) < 4.78 is 21.8. The van der Waals surface area contributed by atoms with Crippen molar-refractivity contribution in [3.8, 4) is 29.1 Å². The molecule has 6 nitrogen and oxygen atoms in total. The molecule has 0 unspecified atom stereocenters. The van der Waals surface area contributed by atoms with E-state index in [0.717, 1.165) is 5.56 Å². The third-order valence-electron chi connectivity index (χ3n) is 4.49. The first-order valence-corrected chi connectivity index (χ1v) is 10.5. The van der Waals surface area contributed by atoms with E-state index in [0.29, 0.717) is 40.0 Å². The molecule has 0 bridgehead atoms. The number of halogens is 1. The van der Waals surface area contributed by atoms with Gasteiger partial charge in [0.05, 0.1) is 25.4 Å². The van der Waals surface area contributed by atoms with Crippen molar-refractivity contribution in [2.24, 2.45) is 0 Å². The Morgan fingerprint density at radius 1 is 0.970 bits per heavy atom. The van der Waals surface area contributed by atoms with Crippen LogP contribution in [0.5, 0.6) is 23.0 Å². The van der Waals surface area contributed by atoms with Crippen LogP contribution in [0.3, 0.4) is 0 Å². The molecule has 0 saturated heterocycles. The fourth-order valence-corrected chi connectivity index (χ4v) is 3.09. The number of ether oxygens (including phenoxy) is 4. The van der Waals surface area contributed by atoms with E-state index in [-0.39, 0.29) is 12.4 Å². The molecule has 33 heavy (non-hydrogen) atoms. The van der Waals surface area contributed by atoms with Crippen LogP contribution in [-0.4, -0.2) is 26.3 Å². The van der Waals surface area contributed by atoms with Gasteiger partial charge in [-0.3, -0.25) is 0 Å². The van der Waals surface area contributed by atoms with Crippen molar-refractivity contribution in [1.82, 2.24) is 0 Å². The summed E-state index contributed by atoms with van der Waals surface area (Å²) in [5, 5.41) is 10.1. The molecule has 0 atom stereocenters. The van der Waals surface area contributed by atoms with E-state index in [1.54, 1.807) is 66.7 Å². The Kier molecular flexibility index (Phi) is 8.34. The molecular weight excluding hydrogens is 442 g/mol. The molecule has 0 saturated carbocycles. The molecule has 3 rings (SSSR count). The summed E-state index contributed by atoms with van der Waals surface area (Å²) in [4.78, 5) is 12.3. The molecule has 0 aliphatic carbocycles. The lowest BCUT2D eigenvalue weighted by Gasteiger charge is -2.12. The van der Waals surface area contributed by atoms with Crippen LogP contribution in [0, 0.1) is 11.3 Å². The van der Waals surface area contributed by atoms with Crippen LogP contribution in [-0.2, 0) is 4.79 Å². The minimum Gasteiger partial charge on any atom is -0.493 e. The number of carbonyl (C=O) groups is 1. The Morgan fingerprint density at radius 2 is 1.67 bits per heavy atom. The van der Waals surface area contributed by atoms with Crippen molar-refractivity contribution < 1.29 is 23.7 Å². The van der Waals surface area contributed by atoms with Crippen LogP contribution < -0.4 is 18.9 Å². The van der Waals surface area contributed by atoms with Gasteiger partial charge >= 0.3 is 5.97 Å². The van der Waals surface area contributed by atoms with Crippen molar-refractivity contribution >= 4 is 29.2 Å². The Bertz CT molecular complexity index is 1180. The fraction of sp³-hybridized carbons (Fsp3) is 0.154. The van der Waals surface area contributed by atoms with E-state index in [2.05, 4.69) is 6.07 Å². The van der Waals surface area contributed by atoms with Gasteiger partial charge in [0.25, 0.3) is 0 Å². The number of methoxy groups -OCH3 is 1. The van der Waals surface area contributed by atoms with E-state index in [4.69, 9.17) is 30.5 Å². The summed E-state index contributed by atoms with van der Waals surface area (Å²) in [6.45, 7) is 2.05. The van der Waals surface area contributed by atoms with Crippen molar-refractivity contribution in [3.63, 3.8) is 0 Å². The van der Waals surface area contributed by atoms with E-state index >= 15 is 0 Å². The topological polar surface area (TPSA) is 77.8 Å². The highest BCUT2D eigenvalue weighted by atomic mass is 35.5. The van der Waals surface area contributed by atoms with E-state index in [1.807, 2.05) is 13.0 Å². The maximum atomic E-state index is 12.3. The van der Waals surface area contributed by atoms with Gasteiger partial charge in [0, 0.05) is 5.02 Å². The number of hydrogen-bond acceptors (Lipinski definition) is 6. The molecule has 3 aromatic rings. The Labute approximate surface area is 197 Å². The lowest BCUT2D eigenvalue weighted by molar-refractivity contribution is -0.136. The van der Waals surface area contributed by atoms with Gasteiger partial charge in [0.2, 0.25) is 0 Å².